The van der Waals surface area contributed by atoms with Gasteiger partial charge in [-0.2, -0.15) is 0 Å². The number of rotatable bonds is 8. The summed E-state index contributed by atoms with van der Waals surface area (Å²) >= 11 is 0. The number of allylic oxidation sites excluding steroid dienone is 2. The Labute approximate surface area is 118 Å². The summed E-state index contributed by atoms with van der Waals surface area (Å²) in [5.41, 5.74) is 0. The standard InChI is InChI=1S/C17H30O2/c1-3-11-18-13-9-16-7-5-6-8-17(15-16)10-14-19-12-4-2/h3-4,11-12,16-17H,5-10,13-15H2,1-2H3. The van der Waals surface area contributed by atoms with Crippen LogP contribution in [0.3, 0.4) is 0 Å². The van der Waals surface area contributed by atoms with Gasteiger partial charge in [-0.05, 0) is 44.9 Å². The van der Waals surface area contributed by atoms with E-state index in [1.54, 1.807) is 12.5 Å². The van der Waals surface area contributed by atoms with Crippen molar-refractivity contribution in [3.05, 3.63) is 24.7 Å². The molecule has 2 nitrogen and oxygen atoms in total. The molecular formula is C17H30O2. The first-order valence-electron chi connectivity index (χ1n) is 7.82. The van der Waals surface area contributed by atoms with E-state index in [1.807, 2.05) is 26.0 Å². The molecular weight excluding hydrogens is 236 g/mol. The summed E-state index contributed by atoms with van der Waals surface area (Å²) in [5.74, 6) is 1.69. The maximum Gasteiger partial charge on any atom is 0.0875 e. The predicted octanol–water partition coefficient (Wildman–Crippen LogP) is 5.06. The van der Waals surface area contributed by atoms with Crippen molar-refractivity contribution in [2.45, 2.75) is 58.8 Å². The highest BCUT2D eigenvalue weighted by molar-refractivity contribution is 4.73. The molecule has 2 unspecified atom stereocenters. The highest BCUT2D eigenvalue weighted by Gasteiger charge is 2.19. The topological polar surface area (TPSA) is 18.5 Å². The third-order valence-electron chi connectivity index (χ3n) is 3.89. The van der Waals surface area contributed by atoms with Gasteiger partial charge in [-0.25, -0.2) is 0 Å². The molecule has 0 amide bonds. The smallest absolute Gasteiger partial charge is 0.0875 e. The van der Waals surface area contributed by atoms with Crippen LogP contribution in [0.2, 0.25) is 0 Å². The molecule has 0 saturated heterocycles. The van der Waals surface area contributed by atoms with Crippen molar-refractivity contribution in [2.75, 3.05) is 13.2 Å². The Bertz CT molecular complexity index is 232. The van der Waals surface area contributed by atoms with Crippen molar-refractivity contribution in [3.63, 3.8) is 0 Å². The lowest BCUT2D eigenvalue weighted by molar-refractivity contribution is 0.188. The van der Waals surface area contributed by atoms with Gasteiger partial charge in [-0.1, -0.05) is 37.8 Å². The summed E-state index contributed by atoms with van der Waals surface area (Å²) in [6, 6.07) is 0. The highest BCUT2D eigenvalue weighted by atomic mass is 16.5. The Kier molecular flexibility index (Phi) is 9.30. The van der Waals surface area contributed by atoms with Crippen molar-refractivity contribution in [2.24, 2.45) is 11.8 Å². The van der Waals surface area contributed by atoms with E-state index in [4.69, 9.17) is 9.47 Å². The summed E-state index contributed by atoms with van der Waals surface area (Å²) < 4.78 is 10.9. The van der Waals surface area contributed by atoms with E-state index in [0.29, 0.717) is 0 Å². The van der Waals surface area contributed by atoms with Crippen molar-refractivity contribution in [3.8, 4) is 0 Å². The highest BCUT2D eigenvalue weighted by Crippen LogP contribution is 2.31. The molecule has 1 fully saturated rings. The number of hydrogen-bond donors (Lipinski definition) is 0. The van der Waals surface area contributed by atoms with Crippen LogP contribution in [0.5, 0.6) is 0 Å². The average molecular weight is 266 g/mol. The van der Waals surface area contributed by atoms with Crippen LogP contribution < -0.4 is 0 Å². The summed E-state index contributed by atoms with van der Waals surface area (Å²) in [6.07, 6.45) is 16.8. The molecule has 2 heteroatoms. The van der Waals surface area contributed by atoms with Crippen molar-refractivity contribution >= 4 is 0 Å². The molecule has 0 aromatic carbocycles. The second-order valence-corrected chi connectivity index (χ2v) is 5.51. The first-order valence-corrected chi connectivity index (χ1v) is 7.82. The van der Waals surface area contributed by atoms with Crippen molar-refractivity contribution < 1.29 is 9.47 Å². The Balaban J connectivity index is 2.21. The fourth-order valence-electron chi connectivity index (χ4n) is 2.90. The molecule has 19 heavy (non-hydrogen) atoms. The molecule has 0 N–H and O–H groups in total. The van der Waals surface area contributed by atoms with Gasteiger partial charge in [0, 0.05) is 0 Å². The lowest BCUT2D eigenvalue weighted by Gasteiger charge is -2.19. The summed E-state index contributed by atoms with van der Waals surface area (Å²) in [6.45, 7) is 5.73. The maximum absolute atomic E-state index is 5.46. The van der Waals surface area contributed by atoms with Crippen LogP contribution in [0.15, 0.2) is 24.7 Å². The number of hydrogen-bond acceptors (Lipinski definition) is 2. The van der Waals surface area contributed by atoms with E-state index in [0.717, 1.165) is 25.0 Å². The van der Waals surface area contributed by atoms with Crippen LogP contribution in [0.1, 0.15) is 58.8 Å². The first-order chi connectivity index (χ1) is 9.36. The summed E-state index contributed by atoms with van der Waals surface area (Å²) in [5, 5.41) is 0. The quantitative estimate of drug-likeness (QED) is 0.347. The van der Waals surface area contributed by atoms with Crippen LogP contribution in [0.4, 0.5) is 0 Å². The zero-order valence-corrected chi connectivity index (χ0v) is 12.6. The molecule has 0 aliphatic heterocycles. The molecule has 0 bridgehead atoms. The van der Waals surface area contributed by atoms with Crippen LogP contribution in [-0.2, 0) is 9.47 Å². The van der Waals surface area contributed by atoms with E-state index >= 15 is 0 Å². The van der Waals surface area contributed by atoms with Gasteiger partial charge in [-0.15, -0.1) is 0 Å². The maximum atomic E-state index is 5.46. The molecule has 110 valence electrons. The van der Waals surface area contributed by atoms with Crippen LogP contribution >= 0.6 is 0 Å². The third-order valence-corrected chi connectivity index (χ3v) is 3.89. The van der Waals surface area contributed by atoms with E-state index in [9.17, 15) is 0 Å². The molecule has 1 aliphatic rings. The molecule has 0 spiro atoms. The van der Waals surface area contributed by atoms with Crippen LogP contribution in [0, 0.1) is 11.8 Å². The van der Waals surface area contributed by atoms with Gasteiger partial charge in [0.25, 0.3) is 0 Å². The lowest BCUT2D eigenvalue weighted by Crippen LogP contribution is -2.10. The average Bonchev–Trinajstić information content (AvgIpc) is 2.65. The van der Waals surface area contributed by atoms with E-state index < -0.39 is 0 Å². The normalized spacial score (nSPS) is 24.7. The van der Waals surface area contributed by atoms with Gasteiger partial charge in [0.1, 0.15) is 0 Å². The van der Waals surface area contributed by atoms with Gasteiger partial charge >= 0.3 is 0 Å². The van der Waals surface area contributed by atoms with Crippen molar-refractivity contribution in [1.82, 2.24) is 0 Å². The van der Waals surface area contributed by atoms with Gasteiger partial charge < -0.3 is 9.47 Å². The van der Waals surface area contributed by atoms with Crippen LogP contribution in [0.25, 0.3) is 0 Å². The third kappa shape index (κ3) is 7.97. The molecule has 0 aromatic heterocycles. The SMILES string of the molecule is CC=COCCC1CCCCC(CCOC=CC)C1. The van der Waals surface area contributed by atoms with E-state index in [1.165, 1.54) is 44.9 Å². The fraction of sp³-hybridized carbons (Fsp3) is 0.765. The zero-order chi connectivity index (χ0) is 13.8. The molecule has 1 rings (SSSR count). The second kappa shape index (κ2) is 11.0. The molecule has 0 radical (unpaired) electrons. The second-order valence-electron chi connectivity index (χ2n) is 5.51. The zero-order valence-electron chi connectivity index (χ0n) is 12.6. The van der Waals surface area contributed by atoms with Gasteiger partial charge in [0.15, 0.2) is 0 Å². The van der Waals surface area contributed by atoms with Crippen molar-refractivity contribution in [1.29, 1.82) is 0 Å². The molecule has 2 atom stereocenters. The first kappa shape index (κ1) is 16.1. The van der Waals surface area contributed by atoms with Gasteiger partial charge in [-0.3, -0.25) is 0 Å². The minimum atomic E-state index is 0.847. The Morgan fingerprint density at radius 3 is 1.74 bits per heavy atom. The van der Waals surface area contributed by atoms with E-state index in [2.05, 4.69) is 0 Å². The number of ether oxygens (including phenoxy) is 2. The molecule has 1 saturated carbocycles. The minimum absolute atomic E-state index is 0.847. The Morgan fingerprint density at radius 2 is 1.32 bits per heavy atom. The van der Waals surface area contributed by atoms with Crippen LogP contribution in [-0.4, -0.2) is 13.2 Å². The van der Waals surface area contributed by atoms with E-state index in [-0.39, 0.29) is 0 Å². The Hall–Kier alpha value is -0.920. The van der Waals surface area contributed by atoms with Gasteiger partial charge in [0.05, 0.1) is 25.7 Å². The molecule has 0 heterocycles. The molecule has 0 aromatic rings. The monoisotopic (exact) mass is 266 g/mol. The molecule has 1 aliphatic carbocycles. The lowest BCUT2D eigenvalue weighted by atomic mass is 9.89. The minimum Gasteiger partial charge on any atom is -0.502 e. The summed E-state index contributed by atoms with van der Waals surface area (Å²) in [4.78, 5) is 0. The largest absolute Gasteiger partial charge is 0.502 e. The summed E-state index contributed by atoms with van der Waals surface area (Å²) in [7, 11) is 0. The van der Waals surface area contributed by atoms with Gasteiger partial charge in [0.2, 0.25) is 0 Å². The predicted molar refractivity (Wildman–Crippen MR) is 80.8 cm³/mol. The Morgan fingerprint density at radius 1 is 0.842 bits per heavy atom. The fourth-order valence-corrected chi connectivity index (χ4v) is 2.90.